The summed E-state index contributed by atoms with van der Waals surface area (Å²) in [4.78, 5) is 8.22. The summed E-state index contributed by atoms with van der Waals surface area (Å²) in [6.07, 6.45) is 8.05. The molecule has 4 nitrogen and oxygen atoms in total. The van der Waals surface area contributed by atoms with Crippen LogP contribution in [0.15, 0.2) is 28.3 Å². The van der Waals surface area contributed by atoms with Gasteiger partial charge in [-0.2, -0.15) is 0 Å². The predicted molar refractivity (Wildman–Crippen MR) is 72.2 cm³/mol. The van der Waals surface area contributed by atoms with Crippen LogP contribution in [0.3, 0.4) is 0 Å². The predicted octanol–water partition coefficient (Wildman–Crippen LogP) is 3.39. The van der Waals surface area contributed by atoms with E-state index in [2.05, 4.69) is 16.9 Å². The second kappa shape index (κ2) is 9.01. The molecular weight excluding hydrogens is 234 g/mol. The lowest BCUT2D eigenvalue weighted by Crippen LogP contribution is -2.00. The van der Waals surface area contributed by atoms with Crippen molar-refractivity contribution in [2.24, 2.45) is 4.99 Å². The quantitative estimate of drug-likeness (QED) is 0.245. The zero-order chi connectivity index (χ0) is 12.3. The Labute approximate surface area is 107 Å². The van der Waals surface area contributed by atoms with Crippen LogP contribution >= 0.6 is 11.8 Å². The molecule has 0 atom stereocenters. The fourth-order valence-electron chi connectivity index (χ4n) is 1.34. The fraction of sp³-hybridized carbons (Fsp3) is 0.500. The average molecular weight is 253 g/mol. The van der Waals surface area contributed by atoms with Crippen LogP contribution < -0.4 is 5.48 Å². The Morgan fingerprint density at radius 2 is 2.29 bits per heavy atom. The third-order valence-electron chi connectivity index (χ3n) is 2.24. The molecule has 0 radical (unpaired) electrons. The van der Waals surface area contributed by atoms with Gasteiger partial charge in [0.25, 0.3) is 0 Å². The number of thioether (sulfide) groups is 1. The molecule has 0 saturated heterocycles. The first-order valence-electron chi connectivity index (χ1n) is 5.88. The van der Waals surface area contributed by atoms with Gasteiger partial charge in [0.2, 0.25) is 0 Å². The highest BCUT2D eigenvalue weighted by molar-refractivity contribution is 7.99. The van der Waals surface area contributed by atoms with Gasteiger partial charge in [0.15, 0.2) is 0 Å². The van der Waals surface area contributed by atoms with Gasteiger partial charge in [0.1, 0.15) is 6.34 Å². The summed E-state index contributed by atoms with van der Waals surface area (Å²) in [5.41, 5.74) is 2.58. The number of nitrogens with zero attached hydrogens (tertiary/aromatic N) is 2. The SMILES string of the molecule is CCCCCCSc1ccc(N=CNO)cn1. The van der Waals surface area contributed by atoms with Crippen LogP contribution in [0.4, 0.5) is 5.69 Å². The van der Waals surface area contributed by atoms with Crippen molar-refractivity contribution in [3.63, 3.8) is 0 Å². The smallest absolute Gasteiger partial charge is 0.113 e. The van der Waals surface area contributed by atoms with Crippen molar-refractivity contribution in [1.82, 2.24) is 10.5 Å². The molecule has 94 valence electrons. The number of nitrogens with one attached hydrogen (secondary N) is 1. The molecule has 5 heteroatoms. The minimum absolute atomic E-state index is 0.724. The molecule has 1 aromatic rings. The maximum Gasteiger partial charge on any atom is 0.113 e. The van der Waals surface area contributed by atoms with Gasteiger partial charge in [-0.05, 0) is 24.3 Å². The third kappa shape index (κ3) is 6.28. The minimum Gasteiger partial charge on any atom is -0.290 e. The Bertz CT molecular complexity index is 327. The lowest BCUT2D eigenvalue weighted by molar-refractivity contribution is 0.240. The zero-order valence-corrected chi connectivity index (χ0v) is 10.9. The number of unbranched alkanes of at least 4 members (excludes halogenated alkanes) is 3. The molecule has 2 N–H and O–H groups in total. The van der Waals surface area contributed by atoms with E-state index in [1.807, 2.05) is 17.6 Å². The van der Waals surface area contributed by atoms with E-state index >= 15 is 0 Å². The Kier molecular flexibility index (Phi) is 7.42. The molecule has 0 amide bonds. The normalized spacial score (nSPS) is 10.9. The monoisotopic (exact) mass is 253 g/mol. The van der Waals surface area contributed by atoms with Crippen molar-refractivity contribution in [3.8, 4) is 0 Å². The van der Waals surface area contributed by atoms with Crippen molar-refractivity contribution in [2.75, 3.05) is 5.75 Å². The number of hydrogen-bond donors (Lipinski definition) is 2. The average Bonchev–Trinajstić information content (AvgIpc) is 2.37. The van der Waals surface area contributed by atoms with E-state index in [0.717, 1.165) is 16.5 Å². The standard InChI is InChI=1S/C12H19N3OS/c1-2-3-4-5-8-17-12-7-6-11(9-13-12)14-10-15-16/h6-7,9-10,16H,2-5,8H2,1H3,(H,14,15). The van der Waals surface area contributed by atoms with Crippen molar-refractivity contribution in [1.29, 1.82) is 0 Å². The second-order valence-corrected chi connectivity index (χ2v) is 4.77. The number of hydrogen-bond acceptors (Lipinski definition) is 4. The largest absolute Gasteiger partial charge is 0.290 e. The van der Waals surface area contributed by atoms with Crippen LogP contribution in [0.1, 0.15) is 32.6 Å². The highest BCUT2D eigenvalue weighted by Crippen LogP contribution is 2.19. The summed E-state index contributed by atoms with van der Waals surface area (Å²) in [7, 11) is 0. The number of aromatic nitrogens is 1. The van der Waals surface area contributed by atoms with Crippen LogP contribution in [-0.4, -0.2) is 22.3 Å². The molecule has 0 aliphatic rings. The topological polar surface area (TPSA) is 57.5 Å². The summed E-state index contributed by atoms with van der Waals surface area (Å²) in [5.74, 6) is 1.12. The summed E-state index contributed by atoms with van der Waals surface area (Å²) >= 11 is 1.78. The maximum atomic E-state index is 8.35. The summed E-state index contributed by atoms with van der Waals surface area (Å²) in [5, 5.41) is 9.37. The molecule has 0 fully saturated rings. The van der Waals surface area contributed by atoms with Gasteiger partial charge in [0, 0.05) is 0 Å². The van der Waals surface area contributed by atoms with E-state index in [9.17, 15) is 0 Å². The second-order valence-electron chi connectivity index (χ2n) is 3.65. The van der Waals surface area contributed by atoms with Gasteiger partial charge < -0.3 is 0 Å². The van der Waals surface area contributed by atoms with E-state index in [0.29, 0.717) is 0 Å². The van der Waals surface area contributed by atoms with E-state index in [1.54, 1.807) is 18.0 Å². The first-order valence-corrected chi connectivity index (χ1v) is 6.86. The third-order valence-corrected chi connectivity index (χ3v) is 3.27. The van der Waals surface area contributed by atoms with Gasteiger partial charge >= 0.3 is 0 Å². The van der Waals surface area contributed by atoms with Gasteiger partial charge in [-0.25, -0.2) is 9.98 Å². The van der Waals surface area contributed by atoms with Crippen LogP contribution in [0.5, 0.6) is 0 Å². The molecule has 1 aromatic heterocycles. The molecule has 0 bridgehead atoms. The first-order chi connectivity index (χ1) is 8.36. The van der Waals surface area contributed by atoms with Crippen molar-refractivity contribution < 1.29 is 5.21 Å². The molecule has 0 aliphatic heterocycles. The van der Waals surface area contributed by atoms with Gasteiger partial charge in [-0.1, -0.05) is 26.2 Å². The molecular formula is C12H19N3OS. The molecule has 0 unspecified atom stereocenters. The Balaban J connectivity index is 2.28. The minimum atomic E-state index is 0.724. The zero-order valence-electron chi connectivity index (χ0n) is 10.1. The fourth-order valence-corrected chi connectivity index (χ4v) is 2.19. The molecule has 0 aliphatic carbocycles. The van der Waals surface area contributed by atoms with Crippen molar-refractivity contribution in [2.45, 2.75) is 37.6 Å². The lowest BCUT2D eigenvalue weighted by Gasteiger charge is -2.01. The number of hydroxylamine groups is 1. The highest BCUT2D eigenvalue weighted by Gasteiger charge is 1.96. The Morgan fingerprint density at radius 3 is 2.94 bits per heavy atom. The van der Waals surface area contributed by atoms with Crippen molar-refractivity contribution in [3.05, 3.63) is 18.3 Å². The van der Waals surface area contributed by atoms with E-state index < -0.39 is 0 Å². The van der Waals surface area contributed by atoms with E-state index in [-0.39, 0.29) is 0 Å². The number of aliphatic imine (C=N–C) groups is 1. The van der Waals surface area contributed by atoms with Gasteiger partial charge in [0.05, 0.1) is 16.9 Å². The van der Waals surface area contributed by atoms with Crippen LogP contribution in [0.2, 0.25) is 0 Å². The molecule has 0 spiro atoms. The van der Waals surface area contributed by atoms with Crippen LogP contribution in [-0.2, 0) is 0 Å². The van der Waals surface area contributed by atoms with Gasteiger partial charge in [-0.15, -0.1) is 11.8 Å². The van der Waals surface area contributed by atoms with E-state index in [4.69, 9.17) is 5.21 Å². The van der Waals surface area contributed by atoms with Crippen LogP contribution in [0, 0.1) is 0 Å². The molecule has 0 saturated carbocycles. The van der Waals surface area contributed by atoms with E-state index in [1.165, 1.54) is 32.0 Å². The Hall–Kier alpha value is -1.07. The van der Waals surface area contributed by atoms with Crippen LogP contribution in [0.25, 0.3) is 0 Å². The first kappa shape index (κ1) is 14.0. The number of rotatable bonds is 8. The number of pyridine rings is 1. The molecule has 1 heterocycles. The lowest BCUT2D eigenvalue weighted by atomic mass is 10.2. The highest BCUT2D eigenvalue weighted by atomic mass is 32.2. The van der Waals surface area contributed by atoms with Crippen molar-refractivity contribution >= 4 is 23.8 Å². The van der Waals surface area contributed by atoms with Gasteiger partial charge in [-0.3, -0.25) is 10.7 Å². The Morgan fingerprint density at radius 1 is 1.41 bits per heavy atom. The summed E-state index contributed by atoms with van der Waals surface area (Å²) < 4.78 is 0. The summed E-state index contributed by atoms with van der Waals surface area (Å²) in [6.45, 7) is 2.22. The molecule has 1 rings (SSSR count). The molecule has 17 heavy (non-hydrogen) atoms. The summed E-state index contributed by atoms with van der Waals surface area (Å²) in [6, 6.07) is 3.84. The maximum absolute atomic E-state index is 8.35. The molecule has 0 aromatic carbocycles.